The van der Waals surface area contributed by atoms with Gasteiger partial charge in [-0.1, -0.05) is 36.2 Å². The van der Waals surface area contributed by atoms with E-state index in [-0.39, 0.29) is 12.5 Å². The van der Waals surface area contributed by atoms with Gasteiger partial charge in [0.2, 0.25) is 0 Å². The van der Waals surface area contributed by atoms with E-state index in [0.29, 0.717) is 29.4 Å². The monoisotopic (exact) mass is 327 g/mol. The molecule has 0 radical (unpaired) electrons. The van der Waals surface area contributed by atoms with E-state index in [1.54, 1.807) is 18.2 Å². The van der Waals surface area contributed by atoms with Crippen LogP contribution in [0.5, 0.6) is 0 Å². The molecule has 0 aliphatic carbocycles. The lowest BCUT2D eigenvalue weighted by atomic mass is 10.0. The summed E-state index contributed by atoms with van der Waals surface area (Å²) < 4.78 is 36.6. The highest BCUT2D eigenvalue weighted by molar-refractivity contribution is 6.35. The molecule has 1 aromatic carbocycles. The van der Waals surface area contributed by atoms with Gasteiger partial charge in [-0.25, -0.2) is 0 Å². The fourth-order valence-electron chi connectivity index (χ4n) is 2.09. The summed E-state index contributed by atoms with van der Waals surface area (Å²) >= 11 is 12.2. The maximum absolute atomic E-state index is 12.2. The van der Waals surface area contributed by atoms with Crippen LogP contribution in [0.25, 0.3) is 0 Å². The highest BCUT2D eigenvalue weighted by Crippen LogP contribution is 2.27. The zero-order valence-corrected chi connectivity index (χ0v) is 12.7. The first-order valence-corrected chi connectivity index (χ1v) is 7.32. The highest BCUT2D eigenvalue weighted by atomic mass is 35.5. The molecular formula is C14H18Cl2F3N. The summed E-state index contributed by atoms with van der Waals surface area (Å²) in [5, 5.41) is 4.29. The van der Waals surface area contributed by atoms with Crippen LogP contribution in [0, 0.1) is 0 Å². The Balaban J connectivity index is 2.63. The molecule has 1 aromatic rings. The number of benzene rings is 1. The van der Waals surface area contributed by atoms with Gasteiger partial charge in [-0.2, -0.15) is 13.2 Å². The Hall–Kier alpha value is -0.450. The summed E-state index contributed by atoms with van der Waals surface area (Å²) in [7, 11) is 0. The van der Waals surface area contributed by atoms with Crippen molar-refractivity contribution in [3.63, 3.8) is 0 Å². The van der Waals surface area contributed by atoms with Gasteiger partial charge in [-0.3, -0.25) is 0 Å². The molecule has 6 heteroatoms. The van der Waals surface area contributed by atoms with Crippen LogP contribution >= 0.6 is 23.2 Å². The molecule has 0 saturated carbocycles. The van der Waals surface area contributed by atoms with Gasteiger partial charge in [0.05, 0.1) is 0 Å². The highest BCUT2D eigenvalue weighted by Gasteiger charge is 2.26. The third-order valence-electron chi connectivity index (χ3n) is 3.02. The molecule has 1 atom stereocenters. The van der Waals surface area contributed by atoms with Crippen LogP contribution in [0.2, 0.25) is 10.0 Å². The van der Waals surface area contributed by atoms with Gasteiger partial charge >= 0.3 is 6.18 Å². The Bertz CT molecular complexity index is 401. The number of alkyl halides is 3. The van der Waals surface area contributed by atoms with Crippen molar-refractivity contribution in [3.8, 4) is 0 Å². The van der Waals surface area contributed by atoms with E-state index in [1.807, 2.05) is 6.92 Å². The van der Waals surface area contributed by atoms with E-state index >= 15 is 0 Å². The average molecular weight is 328 g/mol. The van der Waals surface area contributed by atoms with Gasteiger partial charge in [0, 0.05) is 22.5 Å². The Kier molecular flexibility index (Phi) is 7.13. The molecule has 0 bridgehead atoms. The molecule has 1 rings (SSSR count). The molecule has 114 valence electrons. The second-order valence-electron chi connectivity index (χ2n) is 4.67. The van der Waals surface area contributed by atoms with Gasteiger partial charge in [-0.15, -0.1) is 0 Å². The van der Waals surface area contributed by atoms with Crippen molar-refractivity contribution in [2.45, 2.75) is 44.8 Å². The first-order valence-electron chi connectivity index (χ1n) is 6.56. The largest absolute Gasteiger partial charge is 0.389 e. The smallest absolute Gasteiger partial charge is 0.314 e. The van der Waals surface area contributed by atoms with Crippen molar-refractivity contribution in [1.82, 2.24) is 5.32 Å². The molecule has 0 saturated heterocycles. The number of likely N-dealkylation sites (N-methyl/N-ethyl adjacent to an activating group) is 1. The lowest BCUT2D eigenvalue weighted by Gasteiger charge is -2.19. The van der Waals surface area contributed by atoms with Crippen LogP contribution in [0.15, 0.2) is 18.2 Å². The first-order chi connectivity index (χ1) is 9.33. The van der Waals surface area contributed by atoms with Crippen LogP contribution in [-0.4, -0.2) is 18.8 Å². The van der Waals surface area contributed by atoms with E-state index in [2.05, 4.69) is 5.32 Å². The van der Waals surface area contributed by atoms with Gasteiger partial charge in [-0.05, 0) is 43.5 Å². The second-order valence-corrected chi connectivity index (χ2v) is 5.48. The van der Waals surface area contributed by atoms with Crippen molar-refractivity contribution in [2.75, 3.05) is 6.54 Å². The number of hydrogen-bond donors (Lipinski definition) is 1. The maximum Gasteiger partial charge on any atom is 0.389 e. The van der Waals surface area contributed by atoms with Gasteiger partial charge in [0.25, 0.3) is 0 Å². The maximum atomic E-state index is 12.2. The number of rotatable bonds is 7. The lowest BCUT2D eigenvalue weighted by molar-refractivity contribution is -0.135. The van der Waals surface area contributed by atoms with E-state index in [0.717, 1.165) is 5.56 Å². The van der Waals surface area contributed by atoms with Gasteiger partial charge in [0.1, 0.15) is 0 Å². The van der Waals surface area contributed by atoms with Crippen LogP contribution < -0.4 is 5.32 Å². The number of hydrogen-bond acceptors (Lipinski definition) is 1. The summed E-state index contributed by atoms with van der Waals surface area (Å²) in [6.07, 6.45) is -3.79. The Morgan fingerprint density at radius 2 is 1.80 bits per heavy atom. The number of halogens is 5. The van der Waals surface area contributed by atoms with Crippen LogP contribution in [0.1, 0.15) is 31.7 Å². The molecule has 0 heterocycles. The molecule has 0 fully saturated rings. The van der Waals surface area contributed by atoms with Crippen LogP contribution in [0.3, 0.4) is 0 Å². The molecule has 1 N–H and O–H groups in total. The van der Waals surface area contributed by atoms with Crippen molar-refractivity contribution >= 4 is 23.2 Å². The molecule has 0 aliphatic heterocycles. The predicted octanol–water partition coefficient (Wildman–Crippen LogP) is 5.25. The predicted molar refractivity (Wildman–Crippen MR) is 77.5 cm³/mol. The summed E-state index contributed by atoms with van der Waals surface area (Å²) in [5.74, 6) is 0. The number of nitrogens with one attached hydrogen (secondary N) is 1. The topological polar surface area (TPSA) is 12.0 Å². The molecule has 1 unspecified atom stereocenters. The van der Waals surface area contributed by atoms with Gasteiger partial charge < -0.3 is 5.32 Å². The molecule has 0 aromatic heterocycles. The minimum absolute atomic E-state index is 0.0558. The summed E-state index contributed by atoms with van der Waals surface area (Å²) in [4.78, 5) is 0. The Morgan fingerprint density at radius 1 is 1.20 bits per heavy atom. The zero-order chi connectivity index (χ0) is 15.2. The van der Waals surface area contributed by atoms with Crippen molar-refractivity contribution in [1.29, 1.82) is 0 Å². The van der Waals surface area contributed by atoms with Crippen molar-refractivity contribution in [3.05, 3.63) is 33.8 Å². The quantitative estimate of drug-likeness (QED) is 0.721. The van der Waals surface area contributed by atoms with Crippen LogP contribution in [0.4, 0.5) is 13.2 Å². The molecule has 1 nitrogen and oxygen atoms in total. The summed E-state index contributed by atoms with van der Waals surface area (Å²) in [6.45, 7) is 2.61. The Labute approximate surface area is 127 Å². The average Bonchev–Trinajstić information content (AvgIpc) is 2.32. The normalized spacial score (nSPS) is 13.5. The molecule has 0 aliphatic rings. The first kappa shape index (κ1) is 17.6. The van der Waals surface area contributed by atoms with Crippen LogP contribution in [-0.2, 0) is 6.42 Å². The fourth-order valence-corrected chi connectivity index (χ4v) is 2.64. The molecule has 0 spiro atoms. The Morgan fingerprint density at radius 3 is 2.30 bits per heavy atom. The lowest BCUT2D eigenvalue weighted by Crippen LogP contribution is -2.31. The van der Waals surface area contributed by atoms with Crippen molar-refractivity contribution in [2.24, 2.45) is 0 Å². The van der Waals surface area contributed by atoms with Gasteiger partial charge in [0.15, 0.2) is 0 Å². The fraction of sp³-hybridized carbons (Fsp3) is 0.571. The van der Waals surface area contributed by atoms with E-state index in [4.69, 9.17) is 23.2 Å². The van der Waals surface area contributed by atoms with E-state index < -0.39 is 12.6 Å². The van der Waals surface area contributed by atoms with Crippen molar-refractivity contribution < 1.29 is 13.2 Å². The zero-order valence-electron chi connectivity index (χ0n) is 11.2. The SMILES string of the molecule is CCNC(CCCC(F)(F)F)Cc1c(Cl)cccc1Cl. The molecular weight excluding hydrogens is 310 g/mol. The minimum Gasteiger partial charge on any atom is -0.314 e. The van der Waals surface area contributed by atoms with E-state index in [9.17, 15) is 13.2 Å². The molecule has 20 heavy (non-hydrogen) atoms. The summed E-state index contributed by atoms with van der Waals surface area (Å²) in [5.41, 5.74) is 0.786. The third kappa shape index (κ3) is 6.33. The standard InChI is InChI=1S/C14H18Cl2F3N/c1-2-20-10(5-4-8-14(17,18)19)9-11-12(15)6-3-7-13(11)16/h3,6-7,10,20H,2,4-5,8-9H2,1H3. The molecule has 0 amide bonds. The second kappa shape index (κ2) is 8.11. The van der Waals surface area contributed by atoms with E-state index in [1.165, 1.54) is 0 Å². The minimum atomic E-state index is -4.10. The summed E-state index contributed by atoms with van der Waals surface area (Å²) in [6, 6.07) is 5.17. The third-order valence-corrected chi connectivity index (χ3v) is 3.73.